The molecule has 1 aromatic rings. The van der Waals surface area contributed by atoms with Crippen molar-refractivity contribution in [3.63, 3.8) is 0 Å². The summed E-state index contributed by atoms with van der Waals surface area (Å²) in [6.07, 6.45) is 13.1. The van der Waals surface area contributed by atoms with E-state index >= 15 is 0 Å². The molecule has 6 heteroatoms. The number of benzene rings is 1. The van der Waals surface area contributed by atoms with Gasteiger partial charge in [0.05, 0.1) is 13.1 Å². The molecule has 1 aromatic carbocycles. The van der Waals surface area contributed by atoms with E-state index in [1.54, 1.807) is 0 Å². The minimum atomic E-state index is -1.06. The number of aliphatic imine (C=N–C) groups is 4. The number of halogens is 1. The van der Waals surface area contributed by atoms with E-state index in [2.05, 4.69) is 52.4 Å². The third-order valence-electron chi connectivity index (χ3n) is 10.2. The molecular formula is C34H46FN5. The predicted molar refractivity (Wildman–Crippen MR) is 166 cm³/mol. The molecule has 4 saturated carbocycles. The van der Waals surface area contributed by atoms with Gasteiger partial charge >= 0.3 is 0 Å². The Bertz CT molecular complexity index is 1260. The summed E-state index contributed by atoms with van der Waals surface area (Å²) in [7, 11) is 0. The first kappa shape index (κ1) is 27.5. The Morgan fingerprint density at radius 2 is 1.82 bits per heavy atom. The highest BCUT2D eigenvalue weighted by atomic mass is 19.1. The molecule has 2 heterocycles. The van der Waals surface area contributed by atoms with Gasteiger partial charge in [-0.2, -0.15) is 0 Å². The van der Waals surface area contributed by atoms with Crippen molar-refractivity contribution in [2.24, 2.45) is 43.1 Å². The van der Waals surface area contributed by atoms with Crippen LogP contribution in [-0.4, -0.2) is 48.4 Å². The molecule has 214 valence electrons. The van der Waals surface area contributed by atoms with Crippen LogP contribution in [0.4, 0.5) is 10.1 Å². The lowest BCUT2D eigenvalue weighted by atomic mass is 9.79. The first-order valence-corrected chi connectivity index (χ1v) is 15.9. The first-order chi connectivity index (χ1) is 19.4. The monoisotopic (exact) mass is 543 g/mol. The van der Waals surface area contributed by atoms with Crippen molar-refractivity contribution in [1.82, 2.24) is 0 Å². The fourth-order valence-corrected chi connectivity index (χ4v) is 7.42. The van der Waals surface area contributed by atoms with E-state index < -0.39 is 5.67 Å². The number of anilines is 1. The normalized spacial score (nSPS) is 31.7. The van der Waals surface area contributed by atoms with Crippen LogP contribution in [0.3, 0.4) is 0 Å². The number of hydrogen-bond donors (Lipinski definition) is 0. The van der Waals surface area contributed by atoms with Crippen molar-refractivity contribution in [3.8, 4) is 0 Å². The van der Waals surface area contributed by atoms with Crippen LogP contribution in [0.2, 0.25) is 0 Å². The number of allylic oxidation sites excluding steroid dienone is 1. The second-order valence-corrected chi connectivity index (χ2v) is 12.9. The van der Waals surface area contributed by atoms with Crippen LogP contribution in [0.15, 0.2) is 56.5 Å². The fraction of sp³-hybridized carbons (Fsp3) is 0.647. The minimum absolute atomic E-state index is 0.0564. The molecule has 2 bridgehead atoms. The molecule has 40 heavy (non-hydrogen) atoms. The molecule has 0 spiro atoms. The molecule has 4 fully saturated rings. The van der Waals surface area contributed by atoms with Crippen LogP contribution in [-0.2, 0) is 0 Å². The highest BCUT2D eigenvalue weighted by Crippen LogP contribution is 2.56. The van der Waals surface area contributed by atoms with E-state index in [1.165, 1.54) is 56.5 Å². The number of alkyl halides is 1. The van der Waals surface area contributed by atoms with E-state index in [1.807, 2.05) is 19.1 Å². The maximum absolute atomic E-state index is 14.5. The second kappa shape index (κ2) is 11.0. The predicted octanol–water partition coefficient (Wildman–Crippen LogP) is 8.00. The number of rotatable bonds is 10. The summed E-state index contributed by atoms with van der Waals surface area (Å²) in [6.45, 7) is 12.8. The fourth-order valence-electron chi connectivity index (χ4n) is 7.42. The zero-order valence-corrected chi connectivity index (χ0v) is 24.8. The second-order valence-electron chi connectivity index (χ2n) is 12.9. The highest BCUT2D eigenvalue weighted by Gasteiger charge is 2.56. The number of nitrogens with zero attached hydrogens (tertiary/aromatic N) is 5. The summed E-state index contributed by atoms with van der Waals surface area (Å²) in [5, 5.41) is 0. The van der Waals surface area contributed by atoms with Gasteiger partial charge in [-0.25, -0.2) is 14.4 Å². The molecule has 2 unspecified atom stereocenters. The Kier molecular flexibility index (Phi) is 7.56. The van der Waals surface area contributed by atoms with Gasteiger partial charge in [-0.1, -0.05) is 39.0 Å². The maximum atomic E-state index is 14.5. The summed E-state index contributed by atoms with van der Waals surface area (Å²) in [4.78, 5) is 20.9. The standard InChI is InChI=1S/C21H28FN3.C13H18N2/c1-5-9-17-14-23-20(24-17)16-10-8-11-18(12-16)25(7-3)15(4)19-13-21(19,22)6-2;1-2-10(1)12-14-8-11(15-12)13-5-3-9(7-13)4-6-13/h8,10-12,19H,4-7,9,13-14H2,1-3H3;9-10H,1-8H2. The summed E-state index contributed by atoms with van der Waals surface area (Å²) in [5.41, 5.74) is 5.02. The Balaban J connectivity index is 0.000000162. The SMILES string of the molecule is C1N=C(C2CC2)N=C1C12CCC(CC1)C2.C=C(C1CC1(F)CC)N(CC)c1cccc(C2=NCC(CCC)=N2)c1. The van der Waals surface area contributed by atoms with Gasteiger partial charge < -0.3 is 4.90 Å². The van der Waals surface area contributed by atoms with Crippen molar-refractivity contribution >= 4 is 28.8 Å². The lowest BCUT2D eigenvalue weighted by Gasteiger charge is -2.26. The molecule has 7 rings (SSSR count). The van der Waals surface area contributed by atoms with Gasteiger partial charge in [-0.05, 0) is 89.2 Å². The van der Waals surface area contributed by atoms with Crippen molar-refractivity contribution in [3.05, 3.63) is 42.1 Å². The Morgan fingerprint density at radius 1 is 1.02 bits per heavy atom. The molecule has 2 atom stereocenters. The van der Waals surface area contributed by atoms with E-state index in [0.29, 0.717) is 24.8 Å². The maximum Gasteiger partial charge on any atom is 0.154 e. The average molecular weight is 544 g/mol. The van der Waals surface area contributed by atoms with E-state index in [9.17, 15) is 4.39 Å². The summed E-state index contributed by atoms with van der Waals surface area (Å²) in [6, 6.07) is 8.21. The molecule has 2 aliphatic heterocycles. The molecule has 4 aliphatic carbocycles. The number of hydrogen-bond acceptors (Lipinski definition) is 5. The summed E-state index contributed by atoms with van der Waals surface area (Å²) >= 11 is 0. The van der Waals surface area contributed by atoms with Crippen molar-refractivity contribution in [2.45, 2.75) is 97.1 Å². The molecule has 0 saturated heterocycles. The van der Waals surface area contributed by atoms with Crippen molar-refractivity contribution < 1.29 is 4.39 Å². The molecule has 6 aliphatic rings. The smallest absolute Gasteiger partial charge is 0.154 e. The quantitative estimate of drug-likeness (QED) is 0.295. The van der Waals surface area contributed by atoms with Crippen LogP contribution in [0, 0.1) is 23.2 Å². The molecule has 0 radical (unpaired) electrons. The van der Waals surface area contributed by atoms with Gasteiger partial charge in [0.2, 0.25) is 0 Å². The molecule has 0 aromatic heterocycles. The van der Waals surface area contributed by atoms with Gasteiger partial charge in [-0.15, -0.1) is 0 Å². The van der Waals surface area contributed by atoms with Crippen molar-refractivity contribution in [2.75, 3.05) is 24.5 Å². The molecular weight excluding hydrogens is 497 g/mol. The lowest BCUT2D eigenvalue weighted by molar-refractivity contribution is 0.280. The van der Waals surface area contributed by atoms with E-state index in [4.69, 9.17) is 4.99 Å². The Labute approximate surface area is 239 Å². The van der Waals surface area contributed by atoms with E-state index in [0.717, 1.165) is 66.3 Å². The van der Waals surface area contributed by atoms with Gasteiger partial charge in [0.1, 0.15) is 11.5 Å². The third-order valence-corrected chi connectivity index (χ3v) is 10.2. The first-order valence-electron chi connectivity index (χ1n) is 15.9. The molecule has 0 N–H and O–H groups in total. The average Bonchev–Trinajstić information content (AvgIpc) is 3.59. The highest BCUT2D eigenvalue weighted by molar-refractivity contribution is 6.12. The van der Waals surface area contributed by atoms with Crippen LogP contribution < -0.4 is 4.90 Å². The van der Waals surface area contributed by atoms with Crippen LogP contribution in [0.25, 0.3) is 0 Å². The van der Waals surface area contributed by atoms with Gasteiger partial charge in [0.25, 0.3) is 0 Å². The summed E-state index contributed by atoms with van der Waals surface area (Å²) < 4.78 is 14.5. The zero-order chi connectivity index (χ0) is 27.9. The zero-order valence-electron chi connectivity index (χ0n) is 24.8. The van der Waals surface area contributed by atoms with Crippen LogP contribution >= 0.6 is 0 Å². The van der Waals surface area contributed by atoms with Gasteiger partial charge in [-0.3, -0.25) is 9.98 Å². The van der Waals surface area contributed by atoms with Gasteiger partial charge in [0.15, 0.2) is 5.84 Å². The van der Waals surface area contributed by atoms with Gasteiger partial charge in [0, 0.05) is 52.2 Å². The minimum Gasteiger partial charge on any atom is -0.346 e. The lowest BCUT2D eigenvalue weighted by Crippen LogP contribution is -2.27. The molecule has 5 nitrogen and oxygen atoms in total. The Morgan fingerprint density at radius 3 is 2.45 bits per heavy atom. The van der Waals surface area contributed by atoms with Crippen LogP contribution in [0.1, 0.15) is 97.0 Å². The molecule has 0 amide bonds. The number of fused-ring (bicyclic) bond motifs is 2. The Hall–Kier alpha value is -2.63. The van der Waals surface area contributed by atoms with Crippen molar-refractivity contribution in [1.29, 1.82) is 0 Å². The topological polar surface area (TPSA) is 52.7 Å². The van der Waals surface area contributed by atoms with E-state index in [-0.39, 0.29) is 5.92 Å². The largest absolute Gasteiger partial charge is 0.346 e. The third kappa shape index (κ3) is 5.35. The van der Waals surface area contributed by atoms with Crippen LogP contribution in [0.5, 0.6) is 0 Å². The summed E-state index contributed by atoms with van der Waals surface area (Å²) in [5.74, 6) is 3.73. The number of amidine groups is 2.